The molecule has 3 rings (SSSR count). The standard InChI is InChI=1S/C20H20N2O3/c1-24-16-11-9-15(10-12-16)21-18-17(22-20(23)19(18)25-2)13-8-14-6-4-3-5-7-14/h3-7,9-12,17-19,21H,1-2H3,(H,22,23)/t17-,18-,19+/m0/s1. The zero-order valence-electron chi connectivity index (χ0n) is 14.2. The summed E-state index contributed by atoms with van der Waals surface area (Å²) in [6.07, 6.45) is -0.600. The molecule has 0 radical (unpaired) electrons. The highest BCUT2D eigenvalue weighted by molar-refractivity contribution is 5.86. The van der Waals surface area contributed by atoms with Gasteiger partial charge in [-0.3, -0.25) is 4.79 Å². The molecule has 1 saturated heterocycles. The largest absolute Gasteiger partial charge is 0.497 e. The Bertz CT molecular complexity index is 778. The molecule has 128 valence electrons. The molecule has 2 N–H and O–H groups in total. The van der Waals surface area contributed by atoms with Gasteiger partial charge in [0.15, 0.2) is 6.10 Å². The maximum Gasteiger partial charge on any atom is 0.252 e. The Hall–Kier alpha value is -2.97. The van der Waals surface area contributed by atoms with Crippen molar-refractivity contribution >= 4 is 11.6 Å². The fourth-order valence-electron chi connectivity index (χ4n) is 2.76. The van der Waals surface area contributed by atoms with Gasteiger partial charge in [-0.2, -0.15) is 0 Å². The first-order valence-electron chi connectivity index (χ1n) is 8.01. The topological polar surface area (TPSA) is 59.6 Å². The van der Waals surface area contributed by atoms with Crippen molar-refractivity contribution in [2.24, 2.45) is 0 Å². The van der Waals surface area contributed by atoms with Crippen molar-refractivity contribution in [1.82, 2.24) is 5.32 Å². The molecular formula is C20H20N2O3. The molecule has 1 fully saturated rings. The van der Waals surface area contributed by atoms with E-state index in [4.69, 9.17) is 9.47 Å². The minimum atomic E-state index is -0.600. The molecule has 0 unspecified atom stereocenters. The molecule has 2 aromatic carbocycles. The van der Waals surface area contributed by atoms with Crippen LogP contribution in [0.2, 0.25) is 0 Å². The van der Waals surface area contributed by atoms with Gasteiger partial charge < -0.3 is 20.1 Å². The lowest BCUT2D eigenvalue weighted by Crippen LogP contribution is -2.40. The van der Waals surface area contributed by atoms with Crippen LogP contribution >= 0.6 is 0 Å². The molecule has 1 heterocycles. The first kappa shape index (κ1) is 16.9. The minimum absolute atomic E-state index is 0.166. The number of rotatable bonds is 4. The molecule has 1 amide bonds. The molecule has 2 aromatic rings. The van der Waals surface area contributed by atoms with Crippen LogP contribution in [-0.4, -0.2) is 38.3 Å². The number of carbonyl (C=O) groups is 1. The zero-order chi connectivity index (χ0) is 17.6. The van der Waals surface area contributed by atoms with Crippen LogP contribution in [0, 0.1) is 11.8 Å². The van der Waals surface area contributed by atoms with Crippen molar-refractivity contribution in [3.63, 3.8) is 0 Å². The normalized spacial score (nSPS) is 21.8. The van der Waals surface area contributed by atoms with Crippen LogP contribution < -0.4 is 15.4 Å². The highest BCUT2D eigenvalue weighted by Crippen LogP contribution is 2.21. The summed E-state index contributed by atoms with van der Waals surface area (Å²) in [4.78, 5) is 12.2. The van der Waals surface area contributed by atoms with E-state index in [2.05, 4.69) is 22.5 Å². The van der Waals surface area contributed by atoms with E-state index in [1.165, 1.54) is 7.11 Å². The molecule has 0 saturated carbocycles. The molecule has 5 nitrogen and oxygen atoms in total. The molecule has 0 spiro atoms. The van der Waals surface area contributed by atoms with Crippen molar-refractivity contribution in [2.45, 2.75) is 18.2 Å². The quantitative estimate of drug-likeness (QED) is 0.839. The highest BCUT2D eigenvalue weighted by atomic mass is 16.5. The predicted molar refractivity (Wildman–Crippen MR) is 96.5 cm³/mol. The van der Waals surface area contributed by atoms with E-state index in [0.717, 1.165) is 17.0 Å². The predicted octanol–water partition coefficient (Wildman–Crippen LogP) is 2.04. The van der Waals surface area contributed by atoms with E-state index in [1.54, 1.807) is 7.11 Å². The molecule has 3 atom stereocenters. The molecule has 5 heteroatoms. The van der Waals surface area contributed by atoms with Gasteiger partial charge >= 0.3 is 0 Å². The number of anilines is 1. The van der Waals surface area contributed by atoms with Crippen LogP contribution in [-0.2, 0) is 9.53 Å². The molecular weight excluding hydrogens is 316 g/mol. The van der Waals surface area contributed by atoms with Gasteiger partial charge in [-0.15, -0.1) is 0 Å². The highest BCUT2D eigenvalue weighted by Gasteiger charge is 2.42. The summed E-state index contributed by atoms with van der Waals surface area (Å²) in [6.45, 7) is 0. The Balaban J connectivity index is 1.81. The summed E-state index contributed by atoms with van der Waals surface area (Å²) in [6, 6.07) is 16.6. The van der Waals surface area contributed by atoms with E-state index in [0.29, 0.717) is 0 Å². The van der Waals surface area contributed by atoms with Crippen molar-refractivity contribution in [2.75, 3.05) is 19.5 Å². The summed E-state index contributed by atoms with van der Waals surface area (Å²) in [5.74, 6) is 6.85. The number of carbonyl (C=O) groups excluding carboxylic acids is 1. The van der Waals surface area contributed by atoms with Crippen LogP contribution in [0.25, 0.3) is 0 Å². The van der Waals surface area contributed by atoms with Crippen LogP contribution in [0.4, 0.5) is 5.69 Å². The zero-order valence-corrected chi connectivity index (χ0v) is 14.2. The number of nitrogens with one attached hydrogen (secondary N) is 2. The minimum Gasteiger partial charge on any atom is -0.497 e. The number of amides is 1. The maximum atomic E-state index is 12.2. The van der Waals surface area contributed by atoms with Gasteiger partial charge in [0.05, 0.1) is 13.2 Å². The van der Waals surface area contributed by atoms with E-state index < -0.39 is 6.10 Å². The van der Waals surface area contributed by atoms with Crippen molar-refractivity contribution in [3.8, 4) is 17.6 Å². The summed E-state index contributed by atoms with van der Waals surface area (Å²) in [5.41, 5.74) is 1.77. The lowest BCUT2D eigenvalue weighted by atomic mass is 10.1. The van der Waals surface area contributed by atoms with Gasteiger partial charge in [0.1, 0.15) is 11.8 Å². The molecule has 0 aromatic heterocycles. The van der Waals surface area contributed by atoms with Crippen LogP contribution in [0.3, 0.4) is 0 Å². The third kappa shape index (κ3) is 3.93. The fourth-order valence-corrected chi connectivity index (χ4v) is 2.76. The van der Waals surface area contributed by atoms with Gasteiger partial charge in [-0.1, -0.05) is 30.0 Å². The molecule has 25 heavy (non-hydrogen) atoms. The average molecular weight is 336 g/mol. The van der Waals surface area contributed by atoms with Gasteiger partial charge in [0.25, 0.3) is 5.91 Å². The maximum absolute atomic E-state index is 12.2. The summed E-state index contributed by atoms with van der Waals surface area (Å²) < 4.78 is 10.5. The van der Waals surface area contributed by atoms with Crippen LogP contribution in [0.15, 0.2) is 54.6 Å². The second-order valence-electron chi connectivity index (χ2n) is 5.68. The van der Waals surface area contributed by atoms with E-state index in [9.17, 15) is 4.79 Å². The van der Waals surface area contributed by atoms with Gasteiger partial charge in [-0.05, 0) is 36.4 Å². The first-order valence-corrected chi connectivity index (χ1v) is 8.01. The number of hydrogen-bond acceptors (Lipinski definition) is 4. The summed E-state index contributed by atoms with van der Waals surface area (Å²) >= 11 is 0. The molecule has 1 aliphatic heterocycles. The molecule has 0 bridgehead atoms. The lowest BCUT2D eigenvalue weighted by Gasteiger charge is -2.21. The Morgan fingerprint density at radius 3 is 2.40 bits per heavy atom. The average Bonchev–Trinajstić information content (AvgIpc) is 2.96. The lowest BCUT2D eigenvalue weighted by molar-refractivity contribution is -0.127. The van der Waals surface area contributed by atoms with Gasteiger partial charge in [-0.25, -0.2) is 0 Å². The second kappa shape index (κ2) is 7.73. The van der Waals surface area contributed by atoms with Crippen molar-refractivity contribution in [3.05, 3.63) is 60.2 Å². The second-order valence-corrected chi connectivity index (χ2v) is 5.68. The number of hydrogen-bond donors (Lipinski definition) is 2. The monoisotopic (exact) mass is 336 g/mol. The summed E-state index contributed by atoms with van der Waals surface area (Å²) in [5, 5.41) is 6.24. The third-order valence-corrected chi connectivity index (χ3v) is 4.06. The number of methoxy groups -OCH3 is 2. The fraction of sp³-hybridized carbons (Fsp3) is 0.250. The number of benzene rings is 2. The summed E-state index contributed by atoms with van der Waals surface area (Å²) in [7, 11) is 3.15. The van der Waals surface area contributed by atoms with E-state index >= 15 is 0 Å². The Morgan fingerprint density at radius 2 is 1.76 bits per heavy atom. The Kier molecular flexibility index (Phi) is 5.22. The van der Waals surface area contributed by atoms with Gasteiger partial charge in [0.2, 0.25) is 0 Å². The first-order chi connectivity index (χ1) is 12.2. The van der Waals surface area contributed by atoms with E-state index in [-0.39, 0.29) is 18.0 Å². The smallest absolute Gasteiger partial charge is 0.252 e. The number of ether oxygens (including phenoxy) is 2. The Labute approximate surface area is 147 Å². The molecule has 0 aliphatic carbocycles. The van der Waals surface area contributed by atoms with Crippen LogP contribution in [0.5, 0.6) is 5.75 Å². The SMILES string of the molecule is COc1ccc(N[C@H]2[C@H](C#Cc3ccccc3)NC(=O)[C@@H]2OC)cc1. The third-order valence-electron chi connectivity index (χ3n) is 4.06. The van der Waals surface area contributed by atoms with Crippen molar-refractivity contribution in [1.29, 1.82) is 0 Å². The molecule has 1 aliphatic rings. The van der Waals surface area contributed by atoms with Gasteiger partial charge in [0, 0.05) is 18.4 Å². The van der Waals surface area contributed by atoms with Crippen molar-refractivity contribution < 1.29 is 14.3 Å². The van der Waals surface area contributed by atoms with E-state index in [1.807, 2.05) is 54.6 Å². The van der Waals surface area contributed by atoms with Crippen LogP contribution in [0.1, 0.15) is 5.56 Å². The Morgan fingerprint density at radius 1 is 1.04 bits per heavy atom.